The Morgan fingerprint density at radius 1 is 1.28 bits per heavy atom. The van der Waals surface area contributed by atoms with Crippen molar-refractivity contribution in [3.8, 4) is 0 Å². The number of anilines is 1. The van der Waals surface area contributed by atoms with Crippen molar-refractivity contribution in [3.63, 3.8) is 0 Å². The minimum absolute atomic E-state index is 0.401. The lowest BCUT2D eigenvalue weighted by molar-refractivity contribution is 0.155. The highest BCUT2D eigenvalue weighted by Gasteiger charge is 2.59. The van der Waals surface area contributed by atoms with Gasteiger partial charge in [0.15, 0.2) is 0 Å². The van der Waals surface area contributed by atoms with Gasteiger partial charge in [0.05, 0.1) is 11.9 Å². The fourth-order valence-electron chi connectivity index (χ4n) is 4.38. The van der Waals surface area contributed by atoms with Crippen LogP contribution in [0.3, 0.4) is 0 Å². The summed E-state index contributed by atoms with van der Waals surface area (Å²) in [5.41, 5.74) is 3.13. The monoisotopic (exact) mass is 244 g/mol. The molecule has 3 rings (SSSR count). The third kappa shape index (κ3) is 1.65. The Bertz CT molecular complexity index is 444. The molecule has 1 N–H and O–H groups in total. The number of rotatable bonds is 2. The number of hydrogen-bond donors (Lipinski definition) is 1. The van der Waals surface area contributed by atoms with Gasteiger partial charge in [-0.3, -0.25) is 4.98 Å². The number of nitrogens with one attached hydrogen (secondary N) is 1. The minimum Gasteiger partial charge on any atom is -0.380 e. The normalized spacial score (nSPS) is 36.9. The van der Waals surface area contributed by atoms with Crippen LogP contribution in [-0.2, 0) is 0 Å². The molecule has 1 aromatic heterocycles. The number of fused-ring (bicyclic) bond motifs is 2. The summed E-state index contributed by atoms with van der Waals surface area (Å²) in [7, 11) is 0. The Hall–Kier alpha value is -1.05. The van der Waals surface area contributed by atoms with Crippen molar-refractivity contribution in [3.05, 3.63) is 24.0 Å². The van der Waals surface area contributed by atoms with Crippen molar-refractivity contribution in [1.29, 1.82) is 0 Å². The molecule has 98 valence electrons. The van der Waals surface area contributed by atoms with Crippen LogP contribution in [-0.4, -0.2) is 11.0 Å². The van der Waals surface area contributed by atoms with E-state index in [1.807, 2.05) is 13.1 Å². The first-order chi connectivity index (χ1) is 8.42. The lowest BCUT2D eigenvalue weighted by Crippen LogP contribution is -2.45. The number of pyridine rings is 1. The first-order valence-electron chi connectivity index (χ1n) is 7.11. The van der Waals surface area contributed by atoms with Crippen LogP contribution >= 0.6 is 0 Å². The Morgan fingerprint density at radius 2 is 2.06 bits per heavy atom. The standard InChI is InChI=1S/C16H24N2/c1-11-5-6-13(10-17-11)18-14-15(2,3)12-7-8-16(14,4)9-12/h5-6,10,12,14,18H,7-9H2,1-4H3/t12-,14?,16+/m0/s1. The first kappa shape index (κ1) is 12.0. The third-order valence-corrected chi connectivity index (χ3v) is 5.49. The third-order valence-electron chi connectivity index (χ3n) is 5.49. The van der Waals surface area contributed by atoms with Crippen LogP contribution in [0.2, 0.25) is 0 Å². The fraction of sp³-hybridized carbons (Fsp3) is 0.688. The summed E-state index contributed by atoms with van der Waals surface area (Å²) in [6.45, 7) is 9.36. The Labute approximate surface area is 110 Å². The molecule has 1 aromatic rings. The zero-order valence-corrected chi connectivity index (χ0v) is 12.0. The predicted molar refractivity (Wildman–Crippen MR) is 75.6 cm³/mol. The Kier molecular flexibility index (Phi) is 2.48. The van der Waals surface area contributed by atoms with E-state index in [1.165, 1.54) is 24.9 Å². The number of aryl methyl sites for hydroxylation is 1. The molecule has 2 bridgehead atoms. The molecular weight excluding hydrogens is 220 g/mol. The highest BCUT2D eigenvalue weighted by Crippen LogP contribution is 2.63. The predicted octanol–water partition coefficient (Wildman–Crippen LogP) is 4.02. The van der Waals surface area contributed by atoms with Crippen LogP contribution in [0, 0.1) is 23.7 Å². The highest BCUT2D eigenvalue weighted by atomic mass is 15.0. The second-order valence-electron chi connectivity index (χ2n) is 7.18. The summed E-state index contributed by atoms with van der Waals surface area (Å²) in [6, 6.07) is 4.83. The molecule has 2 nitrogen and oxygen atoms in total. The van der Waals surface area contributed by atoms with Crippen molar-refractivity contribution in [2.24, 2.45) is 16.7 Å². The lowest BCUT2D eigenvalue weighted by Gasteiger charge is -2.43. The van der Waals surface area contributed by atoms with Crippen LogP contribution in [0.4, 0.5) is 5.69 Å². The highest BCUT2D eigenvalue weighted by molar-refractivity contribution is 5.44. The summed E-state index contributed by atoms with van der Waals surface area (Å²) >= 11 is 0. The van der Waals surface area contributed by atoms with Crippen LogP contribution in [0.5, 0.6) is 0 Å². The zero-order chi connectivity index (χ0) is 13.0. The topological polar surface area (TPSA) is 24.9 Å². The van der Waals surface area contributed by atoms with Gasteiger partial charge in [0.1, 0.15) is 0 Å². The molecule has 2 aliphatic carbocycles. The van der Waals surface area contributed by atoms with Gasteiger partial charge >= 0.3 is 0 Å². The molecule has 0 spiro atoms. The van der Waals surface area contributed by atoms with E-state index in [-0.39, 0.29) is 0 Å². The van der Waals surface area contributed by atoms with Gasteiger partial charge in [-0.05, 0) is 55.1 Å². The quantitative estimate of drug-likeness (QED) is 0.850. The van der Waals surface area contributed by atoms with E-state index in [2.05, 4.69) is 43.2 Å². The first-order valence-corrected chi connectivity index (χ1v) is 7.11. The molecule has 18 heavy (non-hydrogen) atoms. The zero-order valence-electron chi connectivity index (χ0n) is 12.0. The molecule has 0 aliphatic heterocycles. The second kappa shape index (κ2) is 3.72. The van der Waals surface area contributed by atoms with Crippen molar-refractivity contribution >= 4 is 5.69 Å². The van der Waals surface area contributed by atoms with E-state index in [9.17, 15) is 0 Å². The molecule has 0 saturated heterocycles. The van der Waals surface area contributed by atoms with Gasteiger partial charge in [-0.25, -0.2) is 0 Å². The molecular formula is C16H24N2. The SMILES string of the molecule is Cc1ccc(NC2C(C)(C)[C@H]3CC[C@]2(C)C3)cn1. The van der Waals surface area contributed by atoms with Gasteiger partial charge in [-0.2, -0.15) is 0 Å². The molecule has 1 unspecified atom stereocenters. The minimum atomic E-state index is 0.401. The number of hydrogen-bond acceptors (Lipinski definition) is 2. The van der Waals surface area contributed by atoms with Crippen LogP contribution in [0.25, 0.3) is 0 Å². The molecule has 1 heterocycles. The summed E-state index contributed by atoms with van der Waals surface area (Å²) < 4.78 is 0. The summed E-state index contributed by atoms with van der Waals surface area (Å²) in [5.74, 6) is 0.887. The maximum absolute atomic E-state index is 4.39. The van der Waals surface area contributed by atoms with Crippen molar-refractivity contribution in [2.75, 3.05) is 5.32 Å². The van der Waals surface area contributed by atoms with Crippen LogP contribution in [0.1, 0.15) is 45.7 Å². The van der Waals surface area contributed by atoms with E-state index in [0.717, 1.165) is 11.6 Å². The summed E-state index contributed by atoms with van der Waals surface area (Å²) in [6.07, 6.45) is 6.14. The molecule has 0 radical (unpaired) electrons. The average Bonchev–Trinajstić information content (AvgIpc) is 2.78. The van der Waals surface area contributed by atoms with Gasteiger partial charge in [-0.1, -0.05) is 20.8 Å². The molecule has 2 saturated carbocycles. The summed E-state index contributed by atoms with van der Waals surface area (Å²) in [5, 5.41) is 3.77. The smallest absolute Gasteiger partial charge is 0.0529 e. The van der Waals surface area contributed by atoms with E-state index in [0.29, 0.717) is 16.9 Å². The van der Waals surface area contributed by atoms with E-state index in [1.54, 1.807) is 0 Å². The van der Waals surface area contributed by atoms with Gasteiger partial charge in [0.2, 0.25) is 0 Å². The Morgan fingerprint density at radius 3 is 2.61 bits per heavy atom. The van der Waals surface area contributed by atoms with Crippen LogP contribution in [0.15, 0.2) is 18.3 Å². The molecule has 2 fully saturated rings. The second-order valence-corrected chi connectivity index (χ2v) is 7.18. The van der Waals surface area contributed by atoms with Gasteiger partial charge in [0.25, 0.3) is 0 Å². The van der Waals surface area contributed by atoms with Crippen molar-refractivity contribution < 1.29 is 0 Å². The molecule has 3 atom stereocenters. The van der Waals surface area contributed by atoms with E-state index >= 15 is 0 Å². The number of nitrogens with zero attached hydrogens (tertiary/aromatic N) is 1. The van der Waals surface area contributed by atoms with E-state index in [4.69, 9.17) is 0 Å². The van der Waals surface area contributed by atoms with Gasteiger partial charge in [0, 0.05) is 11.7 Å². The largest absolute Gasteiger partial charge is 0.380 e. The average molecular weight is 244 g/mol. The molecule has 2 aliphatic rings. The molecule has 0 amide bonds. The maximum atomic E-state index is 4.39. The fourth-order valence-corrected chi connectivity index (χ4v) is 4.38. The van der Waals surface area contributed by atoms with Crippen molar-refractivity contribution in [2.45, 2.75) is 53.0 Å². The van der Waals surface area contributed by atoms with Gasteiger partial charge < -0.3 is 5.32 Å². The molecule has 0 aromatic carbocycles. The summed E-state index contributed by atoms with van der Waals surface area (Å²) in [4.78, 5) is 4.39. The van der Waals surface area contributed by atoms with Crippen molar-refractivity contribution in [1.82, 2.24) is 4.98 Å². The Balaban J connectivity index is 1.86. The number of aromatic nitrogens is 1. The van der Waals surface area contributed by atoms with Crippen LogP contribution < -0.4 is 5.32 Å². The van der Waals surface area contributed by atoms with E-state index < -0.39 is 0 Å². The maximum Gasteiger partial charge on any atom is 0.0529 e. The molecule has 2 heteroatoms. The lowest BCUT2D eigenvalue weighted by atomic mass is 9.68. The van der Waals surface area contributed by atoms with Gasteiger partial charge in [-0.15, -0.1) is 0 Å².